The number of rotatable bonds is 5. The first-order valence-electron chi connectivity index (χ1n) is 8.35. The zero-order valence-corrected chi connectivity index (χ0v) is 15.1. The van der Waals surface area contributed by atoms with E-state index < -0.39 is 0 Å². The lowest BCUT2D eigenvalue weighted by Gasteiger charge is -2.23. The Kier molecular flexibility index (Phi) is 4.96. The van der Waals surface area contributed by atoms with Crippen LogP contribution in [0.5, 0.6) is 0 Å². The van der Waals surface area contributed by atoms with Crippen molar-refractivity contribution in [3.63, 3.8) is 0 Å². The Hall–Kier alpha value is -2.19. The lowest BCUT2D eigenvalue weighted by molar-refractivity contribution is 0.549. The summed E-state index contributed by atoms with van der Waals surface area (Å²) >= 11 is 6.05. The number of hydrogen-bond acceptors (Lipinski definition) is 2. The Balaban J connectivity index is 2.25. The zero-order chi connectivity index (χ0) is 17.1. The molecule has 1 heterocycles. The van der Waals surface area contributed by atoms with Crippen LogP contribution in [0.15, 0.2) is 59.0 Å². The summed E-state index contributed by atoms with van der Waals surface area (Å²) in [6, 6.07) is 18.3. The van der Waals surface area contributed by atoms with Gasteiger partial charge in [0.05, 0.1) is 5.69 Å². The van der Waals surface area contributed by atoms with Gasteiger partial charge in [0.15, 0.2) is 5.76 Å². The van der Waals surface area contributed by atoms with Gasteiger partial charge in [0.2, 0.25) is 0 Å². The van der Waals surface area contributed by atoms with Crippen molar-refractivity contribution in [2.45, 2.75) is 20.8 Å². The van der Waals surface area contributed by atoms with Gasteiger partial charge in [-0.1, -0.05) is 41.9 Å². The Morgan fingerprint density at radius 2 is 1.50 bits per heavy atom. The van der Waals surface area contributed by atoms with Crippen LogP contribution in [0.4, 0.5) is 5.69 Å². The third-order valence-corrected chi connectivity index (χ3v) is 4.56. The summed E-state index contributed by atoms with van der Waals surface area (Å²) < 4.78 is 6.23. The molecule has 0 N–H and O–H groups in total. The van der Waals surface area contributed by atoms with Gasteiger partial charge in [-0.3, -0.25) is 0 Å². The molecule has 1 aromatic heterocycles. The third kappa shape index (κ3) is 3.07. The summed E-state index contributed by atoms with van der Waals surface area (Å²) in [6.07, 6.45) is 0. The molecule has 0 aliphatic carbocycles. The fraction of sp³-hybridized carbons (Fsp3) is 0.238. The zero-order valence-electron chi connectivity index (χ0n) is 14.3. The Labute approximate surface area is 148 Å². The number of aryl methyl sites for hydroxylation is 1. The topological polar surface area (TPSA) is 16.4 Å². The van der Waals surface area contributed by atoms with E-state index in [0.29, 0.717) is 0 Å². The molecule has 0 aliphatic heterocycles. The van der Waals surface area contributed by atoms with Crippen molar-refractivity contribution in [3.8, 4) is 22.5 Å². The van der Waals surface area contributed by atoms with Gasteiger partial charge >= 0.3 is 0 Å². The number of benzene rings is 2. The first-order chi connectivity index (χ1) is 11.7. The summed E-state index contributed by atoms with van der Waals surface area (Å²) in [4.78, 5) is 2.35. The van der Waals surface area contributed by atoms with Crippen LogP contribution in [0.3, 0.4) is 0 Å². The van der Waals surface area contributed by atoms with Gasteiger partial charge in [-0.15, -0.1) is 0 Å². The molecule has 0 amide bonds. The number of halogens is 1. The highest BCUT2D eigenvalue weighted by Crippen LogP contribution is 2.44. The molecule has 0 radical (unpaired) electrons. The van der Waals surface area contributed by atoms with E-state index in [-0.39, 0.29) is 0 Å². The average Bonchev–Trinajstić information content (AvgIpc) is 2.95. The third-order valence-electron chi connectivity index (χ3n) is 4.31. The Morgan fingerprint density at radius 3 is 2.08 bits per heavy atom. The molecule has 0 spiro atoms. The van der Waals surface area contributed by atoms with Gasteiger partial charge in [0.1, 0.15) is 5.76 Å². The second kappa shape index (κ2) is 7.14. The quantitative estimate of drug-likeness (QED) is 0.533. The normalized spacial score (nSPS) is 10.8. The number of hydrogen-bond donors (Lipinski definition) is 0. The predicted molar refractivity (Wildman–Crippen MR) is 103 cm³/mol. The van der Waals surface area contributed by atoms with Crippen molar-refractivity contribution in [1.29, 1.82) is 0 Å². The largest absolute Gasteiger partial charge is 0.458 e. The van der Waals surface area contributed by atoms with Crippen molar-refractivity contribution < 1.29 is 4.42 Å². The van der Waals surface area contributed by atoms with Crippen LogP contribution in [0, 0.1) is 6.92 Å². The van der Waals surface area contributed by atoms with E-state index >= 15 is 0 Å². The van der Waals surface area contributed by atoms with Gasteiger partial charge in [-0.05, 0) is 50.6 Å². The van der Waals surface area contributed by atoms with E-state index in [9.17, 15) is 0 Å². The first-order valence-corrected chi connectivity index (χ1v) is 8.73. The van der Waals surface area contributed by atoms with Crippen LogP contribution < -0.4 is 4.90 Å². The smallest absolute Gasteiger partial charge is 0.158 e. The number of nitrogens with zero attached hydrogens (tertiary/aromatic N) is 1. The molecule has 3 heteroatoms. The van der Waals surface area contributed by atoms with Crippen molar-refractivity contribution in [2.24, 2.45) is 0 Å². The van der Waals surface area contributed by atoms with Crippen molar-refractivity contribution in [3.05, 3.63) is 65.4 Å². The highest BCUT2D eigenvalue weighted by atomic mass is 35.5. The van der Waals surface area contributed by atoms with Gasteiger partial charge in [-0.25, -0.2) is 0 Å². The van der Waals surface area contributed by atoms with Crippen LogP contribution in [0.2, 0.25) is 5.02 Å². The van der Waals surface area contributed by atoms with Crippen molar-refractivity contribution in [2.75, 3.05) is 18.0 Å². The summed E-state index contributed by atoms with van der Waals surface area (Å²) in [5.74, 6) is 1.85. The summed E-state index contributed by atoms with van der Waals surface area (Å²) in [5, 5.41) is 0.731. The van der Waals surface area contributed by atoms with Gasteiger partial charge < -0.3 is 9.32 Å². The van der Waals surface area contributed by atoms with E-state index in [0.717, 1.165) is 40.9 Å². The van der Waals surface area contributed by atoms with Crippen LogP contribution in [-0.4, -0.2) is 13.1 Å². The SMILES string of the molecule is CCN(CC)c1c(-c2ccc(Cl)cc2)oc(C)c1-c1ccccc1. The molecular weight excluding hydrogens is 318 g/mol. The molecule has 2 aromatic carbocycles. The molecular formula is C21H22ClNO. The summed E-state index contributed by atoms with van der Waals surface area (Å²) in [7, 11) is 0. The maximum atomic E-state index is 6.23. The highest BCUT2D eigenvalue weighted by molar-refractivity contribution is 6.30. The van der Waals surface area contributed by atoms with Crippen LogP contribution in [0.25, 0.3) is 22.5 Å². The molecule has 0 fully saturated rings. The standard InChI is InChI=1S/C21H22ClNO/c1-4-23(5-2)20-19(16-9-7-6-8-10-16)15(3)24-21(20)17-11-13-18(22)14-12-17/h6-14H,4-5H2,1-3H3. The number of anilines is 1. The first kappa shape index (κ1) is 16.7. The van der Waals surface area contributed by atoms with E-state index in [1.165, 1.54) is 11.1 Å². The van der Waals surface area contributed by atoms with Gasteiger partial charge in [0.25, 0.3) is 0 Å². The fourth-order valence-corrected chi connectivity index (χ4v) is 3.24. The molecule has 0 bridgehead atoms. The predicted octanol–water partition coefficient (Wildman–Crippen LogP) is 6.42. The number of furan rings is 1. The highest BCUT2D eigenvalue weighted by Gasteiger charge is 2.23. The molecule has 0 atom stereocenters. The fourth-order valence-electron chi connectivity index (χ4n) is 3.12. The Morgan fingerprint density at radius 1 is 0.875 bits per heavy atom. The lowest BCUT2D eigenvalue weighted by Crippen LogP contribution is -2.22. The minimum Gasteiger partial charge on any atom is -0.458 e. The van der Waals surface area contributed by atoms with Crippen LogP contribution >= 0.6 is 11.6 Å². The molecule has 0 saturated heterocycles. The minimum atomic E-state index is 0.731. The molecule has 3 aromatic rings. The summed E-state index contributed by atoms with van der Waals surface area (Å²) in [6.45, 7) is 8.24. The second-order valence-electron chi connectivity index (χ2n) is 5.76. The van der Waals surface area contributed by atoms with E-state index in [1.807, 2.05) is 37.3 Å². The summed E-state index contributed by atoms with van der Waals surface area (Å²) in [5.41, 5.74) is 4.56. The van der Waals surface area contributed by atoms with Crippen molar-refractivity contribution in [1.82, 2.24) is 0 Å². The van der Waals surface area contributed by atoms with Crippen LogP contribution in [0.1, 0.15) is 19.6 Å². The molecule has 0 aliphatic rings. The molecule has 24 heavy (non-hydrogen) atoms. The van der Waals surface area contributed by atoms with Gasteiger partial charge in [0, 0.05) is 29.2 Å². The van der Waals surface area contributed by atoms with Gasteiger partial charge in [-0.2, -0.15) is 0 Å². The van der Waals surface area contributed by atoms with Crippen molar-refractivity contribution >= 4 is 17.3 Å². The molecule has 0 saturated carbocycles. The van der Waals surface area contributed by atoms with E-state index in [1.54, 1.807) is 0 Å². The second-order valence-corrected chi connectivity index (χ2v) is 6.19. The molecule has 3 rings (SSSR count). The average molecular weight is 340 g/mol. The van der Waals surface area contributed by atoms with E-state index in [4.69, 9.17) is 16.0 Å². The Bertz CT molecular complexity index is 802. The molecule has 2 nitrogen and oxygen atoms in total. The maximum Gasteiger partial charge on any atom is 0.158 e. The lowest BCUT2D eigenvalue weighted by atomic mass is 10.0. The van der Waals surface area contributed by atoms with Crippen LogP contribution in [-0.2, 0) is 0 Å². The van der Waals surface area contributed by atoms with E-state index in [2.05, 4.69) is 43.0 Å². The monoisotopic (exact) mass is 339 g/mol. The maximum absolute atomic E-state index is 6.23. The minimum absolute atomic E-state index is 0.731. The molecule has 124 valence electrons. The molecule has 0 unspecified atom stereocenters.